The van der Waals surface area contributed by atoms with Gasteiger partial charge in [-0.1, -0.05) is 13.0 Å². The molecule has 0 bridgehead atoms. The van der Waals surface area contributed by atoms with E-state index in [2.05, 4.69) is 15.0 Å². The van der Waals surface area contributed by atoms with E-state index in [1.165, 1.54) is 19.2 Å². The Hall–Kier alpha value is -2.76. The lowest BCUT2D eigenvalue weighted by Crippen LogP contribution is -2.26. The van der Waals surface area contributed by atoms with Gasteiger partial charge in [-0.2, -0.15) is 0 Å². The first-order chi connectivity index (χ1) is 11.5. The summed E-state index contributed by atoms with van der Waals surface area (Å²) in [5, 5.41) is 2.58. The average molecular weight is 330 g/mol. The molecule has 0 atom stereocenters. The van der Waals surface area contributed by atoms with E-state index in [-0.39, 0.29) is 18.5 Å². The number of nitrogens with zero attached hydrogens (tertiary/aromatic N) is 1. The van der Waals surface area contributed by atoms with Crippen LogP contribution in [0, 0.1) is 5.82 Å². The molecule has 0 saturated carbocycles. The summed E-state index contributed by atoms with van der Waals surface area (Å²) in [6.07, 6.45) is 2.45. The highest BCUT2D eigenvalue weighted by Crippen LogP contribution is 2.25. The van der Waals surface area contributed by atoms with Crippen LogP contribution in [-0.2, 0) is 16.0 Å². The molecule has 2 rings (SSSR count). The number of halogens is 1. The maximum Gasteiger partial charge on any atom is 0.307 e. The van der Waals surface area contributed by atoms with Crippen molar-refractivity contribution < 1.29 is 18.7 Å². The summed E-state index contributed by atoms with van der Waals surface area (Å²) in [6.45, 7) is 2.09. The first-order valence-corrected chi connectivity index (χ1v) is 7.65. The average Bonchev–Trinajstić information content (AvgIpc) is 2.60. The van der Waals surface area contributed by atoms with Crippen LogP contribution in [0.1, 0.15) is 29.4 Å². The Morgan fingerprint density at radius 3 is 2.79 bits per heavy atom. The molecule has 24 heavy (non-hydrogen) atoms. The Balaban J connectivity index is 2.22. The summed E-state index contributed by atoms with van der Waals surface area (Å²) in [5.41, 5.74) is 2.42. The first-order valence-electron chi connectivity index (χ1n) is 7.65. The lowest BCUT2D eigenvalue weighted by Gasteiger charge is -2.10. The molecule has 0 fully saturated rings. The predicted molar refractivity (Wildman–Crippen MR) is 88.0 cm³/mol. The Bertz CT molecular complexity index is 747. The van der Waals surface area contributed by atoms with Crippen molar-refractivity contribution >= 4 is 11.9 Å². The van der Waals surface area contributed by atoms with Crippen molar-refractivity contribution in [2.24, 2.45) is 0 Å². The number of carbonyl (C=O) groups is 2. The van der Waals surface area contributed by atoms with E-state index in [4.69, 9.17) is 0 Å². The Morgan fingerprint density at radius 1 is 1.29 bits per heavy atom. The zero-order valence-corrected chi connectivity index (χ0v) is 13.6. The van der Waals surface area contributed by atoms with Gasteiger partial charge >= 0.3 is 5.97 Å². The number of aromatic nitrogens is 1. The number of methoxy groups -OCH3 is 1. The minimum Gasteiger partial charge on any atom is -0.469 e. The Labute approximate surface area is 139 Å². The van der Waals surface area contributed by atoms with Crippen molar-refractivity contribution in [2.45, 2.75) is 19.8 Å². The summed E-state index contributed by atoms with van der Waals surface area (Å²) < 4.78 is 18.4. The van der Waals surface area contributed by atoms with E-state index >= 15 is 0 Å². The summed E-state index contributed by atoms with van der Waals surface area (Å²) in [5.74, 6) is -1.36. The summed E-state index contributed by atoms with van der Waals surface area (Å²) in [7, 11) is 1.28. The second-order valence-corrected chi connectivity index (χ2v) is 5.16. The molecule has 0 aliphatic carbocycles. The third-order valence-electron chi connectivity index (χ3n) is 3.54. The van der Waals surface area contributed by atoms with Crippen LogP contribution in [0.2, 0.25) is 0 Å². The van der Waals surface area contributed by atoms with Gasteiger partial charge in [0.2, 0.25) is 0 Å². The van der Waals surface area contributed by atoms with Gasteiger partial charge in [0.15, 0.2) is 0 Å². The third kappa shape index (κ3) is 4.38. The van der Waals surface area contributed by atoms with Gasteiger partial charge in [0.05, 0.1) is 13.5 Å². The van der Waals surface area contributed by atoms with E-state index in [1.54, 1.807) is 18.3 Å². The molecule has 126 valence electrons. The number of carbonyl (C=O) groups excluding carboxylic acids is 2. The molecule has 5 nitrogen and oxygen atoms in total. The molecule has 2 aromatic rings. The van der Waals surface area contributed by atoms with Gasteiger partial charge < -0.3 is 10.1 Å². The fourth-order valence-corrected chi connectivity index (χ4v) is 2.34. The molecule has 0 unspecified atom stereocenters. The zero-order valence-electron chi connectivity index (χ0n) is 13.6. The largest absolute Gasteiger partial charge is 0.469 e. The third-order valence-corrected chi connectivity index (χ3v) is 3.54. The molecule has 6 heteroatoms. The lowest BCUT2D eigenvalue weighted by atomic mass is 10.00. The number of benzene rings is 1. The van der Waals surface area contributed by atoms with E-state index in [1.807, 2.05) is 13.0 Å². The van der Waals surface area contributed by atoms with Crippen molar-refractivity contribution in [1.29, 1.82) is 0 Å². The molecule has 1 amide bonds. The number of esters is 1. The van der Waals surface area contributed by atoms with Gasteiger partial charge in [-0.3, -0.25) is 14.6 Å². The van der Waals surface area contributed by atoms with Crippen LogP contribution in [0.5, 0.6) is 0 Å². The van der Waals surface area contributed by atoms with Crippen LogP contribution in [-0.4, -0.2) is 30.5 Å². The zero-order chi connectivity index (χ0) is 17.5. The molecular formula is C18H19FN2O3. The Kier molecular flexibility index (Phi) is 6.01. The minimum atomic E-state index is -0.503. The molecule has 0 saturated heterocycles. The quantitative estimate of drug-likeness (QED) is 0.827. The van der Waals surface area contributed by atoms with E-state index in [0.717, 1.165) is 11.3 Å². The normalized spacial score (nSPS) is 10.3. The topological polar surface area (TPSA) is 68.3 Å². The molecule has 0 radical (unpaired) electrons. The summed E-state index contributed by atoms with van der Waals surface area (Å²) >= 11 is 0. The van der Waals surface area contributed by atoms with Gasteiger partial charge in [-0.25, -0.2) is 4.39 Å². The monoisotopic (exact) mass is 330 g/mol. The first kappa shape index (κ1) is 17.6. The van der Waals surface area contributed by atoms with E-state index in [9.17, 15) is 14.0 Å². The molecule has 1 aromatic heterocycles. The standard InChI is InChI=1S/C18H19FN2O3/c1-3-16-15(5-4-7-20-16)12-9-13(11-14(19)10-12)18(23)21-8-6-17(22)24-2/h4-5,7,9-11H,3,6,8H2,1-2H3,(H,21,23). The molecule has 1 aromatic carbocycles. The van der Waals surface area contributed by atoms with Crippen LogP contribution < -0.4 is 5.32 Å². The molecule has 1 N–H and O–H groups in total. The Morgan fingerprint density at radius 2 is 2.08 bits per heavy atom. The second kappa shape index (κ2) is 8.19. The fourth-order valence-electron chi connectivity index (χ4n) is 2.34. The molecule has 0 spiro atoms. The predicted octanol–water partition coefficient (Wildman–Crippen LogP) is 2.74. The van der Waals surface area contributed by atoms with Crippen molar-refractivity contribution in [2.75, 3.05) is 13.7 Å². The lowest BCUT2D eigenvalue weighted by molar-refractivity contribution is -0.140. The highest BCUT2D eigenvalue weighted by molar-refractivity contribution is 5.95. The molecule has 0 aliphatic rings. The minimum absolute atomic E-state index is 0.0625. The maximum absolute atomic E-state index is 13.9. The van der Waals surface area contributed by atoms with Crippen molar-refractivity contribution in [3.8, 4) is 11.1 Å². The smallest absolute Gasteiger partial charge is 0.307 e. The van der Waals surface area contributed by atoms with Crippen molar-refractivity contribution in [3.05, 3.63) is 53.6 Å². The van der Waals surface area contributed by atoms with Crippen molar-refractivity contribution in [3.63, 3.8) is 0 Å². The van der Waals surface area contributed by atoms with Gasteiger partial charge in [0, 0.05) is 29.6 Å². The van der Waals surface area contributed by atoms with Crippen LogP contribution >= 0.6 is 0 Å². The number of amides is 1. The van der Waals surface area contributed by atoms with Crippen LogP contribution in [0.25, 0.3) is 11.1 Å². The summed E-state index contributed by atoms with van der Waals surface area (Å²) in [4.78, 5) is 27.5. The highest BCUT2D eigenvalue weighted by atomic mass is 19.1. The molecule has 0 aliphatic heterocycles. The SMILES string of the molecule is CCc1ncccc1-c1cc(F)cc(C(=O)NCCC(=O)OC)c1. The fraction of sp³-hybridized carbons (Fsp3) is 0.278. The van der Waals surface area contributed by atoms with Crippen LogP contribution in [0.4, 0.5) is 4.39 Å². The van der Waals surface area contributed by atoms with Gasteiger partial charge in [-0.15, -0.1) is 0 Å². The van der Waals surface area contributed by atoms with Gasteiger partial charge in [0.25, 0.3) is 5.91 Å². The summed E-state index contributed by atoms with van der Waals surface area (Å²) in [6, 6.07) is 7.78. The van der Waals surface area contributed by atoms with Gasteiger partial charge in [0.1, 0.15) is 5.82 Å². The number of nitrogens with one attached hydrogen (secondary N) is 1. The van der Waals surface area contributed by atoms with Crippen LogP contribution in [0.3, 0.4) is 0 Å². The van der Waals surface area contributed by atoms with E-state index in [0.29, 0.717) is 12.0 Å². The molecular weight excluding hydrogens is 311 g/mol. The number of hydrogen-bond donors (Lipinski definition) is 1. The maximum atomic E-state index is 13.9. The van der Waals surface area contributed by atoms with Gasteiger partial charge in [-0.05, 0) is 36.2 Å². The highest BCUT2D eigenvalue weighted by Gasteiger charge is 2.12. The van der Waals surface area contributed by atoms with Crippen LogP contribution in [0.15, 0.2) is 36.5 Å². The molecule has 1 heterocycles. The number of ether oxygens (including phenoxy) is 1. The van der Waals surface area contributed by atoms with Crippen molar-refractivity contribution in [1.82, 2.24) is 10.3 Å². The number of aryl methyl sites for hydroxylation is 1. The second-order valence-electron chi connectivity index (χ2n) is 5.16. The number of hydrogen-bond acceptors (Lipinski definition) is 4. The van der Waals surface area contributed by atoms with E-state index < -0.39 is 17.7 Å². The number of rotatable bonds is 6. The number of pyridine rings is 1.